The maximum Gasteiger partial charge on any atom is 0.416 e. The summed E-state index contributed by atoms with van der Waals surface area (Å²) >= 11 is 0. The lowest BCUT2D eigenvalue weighted by Gasteiger charge is -2.25. The Kier molecular flexibility index (Phi) is 7.02. The molecular weight excluding hydrogens is 441 g/mol. The minimum atomic E-state index is -4.57. The summed E-state index contributed by atoms with van der Waals surface area (Å²) in [4.78, 5) is 41.5. The molecule has 11 heteroatoms. The quantitative estimate of drug-likeness (QED) is 0.561. The highest BCUT2D eigenvalue weighted by atomic mass is 19.4. The molecule has 1 heterocycles. The monoisotopic (exact) mass is 462 g/mol. The largest absolute Gasteiger partial charge is 0.416 e. The number of benzene rings is 2. The van der Waals surface area contributed by atoms with Crippen LogP contribution < -0.4 is 21.9 Å². The molecule has 0 aliphatic heterocycles. The van der Waals surface area contributed by atoms with Crippen LogP contribution in [0, 0.1) is 0 Å². The number of carbonyl (C=O) groups excluding carboxylic acids is 1. The molecule has 0 unspecified atom stereocenters. The molecule has 33 heavy (non-hydrogen) atoms. The molecule has 3 N–H and O–H groups in total. The van der Waals surface area contributed by atoms with E-state index in [2.05, 4.69) is 4.98 Å². The van der Waals surface area contributed by atoms with Crippen LogP contribution in [0.4, 0.5) is 24.7 Å². The third-order valence-electron chi connectivity index (χ3n) is 4.89. The normalized spacial score (nSPS) is 11.4. The number of nitrogens with two attached hydrogens (primary N) is 1. The van der Waals surface area contributed by atoms with E-state index in [1.807, 2.05) is 0 Å². The van der Waals surface area contributed by atoms with Gasteiger partial charge in [-0.15, -0.1) is 0 Å². The molecule has 0 radical (unpaired) electrons. The molecule has 3 aromatic rings. The average molecular weight is 462 g/mol. The van der Waals surface area contributed by atoms with Gasteiger partial charge in [-0.05, 0) is 29.8 Å². The maximum atomic E-state index is 13.3. The molecule has 2 aromatic carbocycles. The van der Waals surface area contributed by atoms with Crippen molar-refractivity contribution in [2.75, 3.05) is 24.4 Å². The fraction of sp³-hybridized carbons (Fsp3) is 0.227. The molecule has 0 spiro atoms. The lowest BCUT2D eigenvalue weighted by Crippen LogP contribution is -2.41. The van der Waals surface area contributed by atoms with Crippen molar-refractivity contribution in [2.24, 2.45) is 0 Å². The van der Waals surface area contributed by atoms with E-state index in [1.54, 1.807) is 30.3 Å². The highest BCUT2D eigenvalue weighted by Gasteiger charge is 2.31. The third-order valence-corrected chi connectivity index (χ3v) is 4.89. The minimum Gasteiger partial charge on any atom is -0.383 e. The summed E-state index contributed by atoms with van der Waals surface area (Å²) in [6, 6.07) is 12.2. The van der Waals surface area contributed by atoms with E-state index < -0.39 is 28.9 Å². The van der Waals surface area contributed by atoms with Gasteiger partial charge in [0, 0.05) is 12.7 Å². The second-order valence-corrected chi connectivity index (χ2v) is 7.09. The first kappa shape index (κ1) is 23.8. The Labute approximate surface area is 186 Å². The van der Waals surface area contributed by atoms with Crippen LogP contribution in [0.3, 0.4) is 0 Å². The predicted octanol–water partition coefficient (Wildman–Crippen LogP) is 2.63. The molecule has 0 fully saturated rings. The van der Waals surface area contributed by atoms with Gasteiger partial charge < -0.3 is 10.5 Å². The van der Waals surface area contributed by atoms with Crippen LogP contribution in [-0.2, 0) is 24.0 Å². The van der Waals surface area contributed by atoms with Gasteiger partial charge in [-0.25, -0.2) is 4.79 Å². The Bertz CT molecular complexity index is 1240. The summed E-state index contributed by atoms with van der Waals surface area (Å²) in [5.74, 6) is -1.03. The zero-order valence-corrected chi connectivity index (χ0v) is 17.6. The number of nitrogens with zero attached hydrogens (tertiary/aromatic N) is 2. The fourth-order valence-corrected chi connectivity index (χ4v) is 3.22. The number of nitrogen functional groups attached to an aromatic ring is 1. The number of aromatic amines is 1. The number of aromatic nitrogens is 2. The van der Waals surface area contributed by atoms with Crippen molar-refractivity contribution in [3.63, 3.8) is 0 Å². The molecular formula is C22H21F3N4O4. The maximum absolute atomic E-state index is 13.3. The van der Waals surface area contributed by atoms with Gasteiger partial charge >= 0.3 is 11.9 Å². The fourth-order valence-electron chi connectivity index (χ4n) is 3.22. The van der Waals surface area contributed by atoms with Crippen molar-refractivity contribution < 1.29 is 22.7 Å². The number of H-pyrrole nitrogens is 1. The molecule has 0 aliphatic rings. The van der Waals surface area contributed by atoms with Gasteiger partial charge in [0.15, 0.2) is 5.69 Å². The van der Waals surface area contributed by atoms with Crippen LogP contribution in [0.25, 0.3) is 0 Å². The Hall–Kier alpha value is -3.86. The summed E-state index contributed by atoms with van der Waals surface area (Å²) < 4.78 is 44.8. The average Bonchev–Trinajstić information content (AvgIpc) is 2.78. The third kappa shape index (κ3) is 5.32. The molecule has 1 amide bonds. The van der Waals surface area contributed by atoms with Gasteiger partial charge in [0.05, 0.1) is 25.3 Å². The topological polar surface area (TPSA) is 110 Å². The first-order valence-electron chi connectivity index (χ1n) is 9.78. The number of hydrogen-bond donors (Lipinski definition) is 2. The number of methoxy groups -OCH3 is 1. The number of anilines is 2. The van der Waals surface area contributed by atoms with Gasteiger partial charge in [0.1, 0.15) is 5.82 Å². The number of rotatable bonds is 7. The molecule has 0 saturated heterocycles. The summed E-state index contributed by atoms with van der Waals surface area (Å²) in [7, 11) is 1.42. The van der Waals surface area contributed by atoms with E-state index in [9.17, 15) is 27.6 Å². The molecule has 1 aromatic heterocycles. The molecule has 174 valence electrons. The molecule has 8 nitrogen and oxygen atoms in total. The van der Waals surface area contributed by atoms with Crippen LogP contribution in [0.15, 0.2) is 64.2 Å². The van der Waals surface area contributed by atoms with E-state index >= 15 is 0 Å². The molecule has 3 rings (SSSR count). The van der Waals surface area contributed by atoms with Gasteiger partial charge in [-0.3, -0.25) is 24.0 Å². The number of halogens is 3. The Balaban J connectivity index is 2.12. The van der Waals surface area contributed by atoms with E-state index in [4.69, 9.17) is 10.5 Å². The number of carbonyl (C=O) groups is 1. The summed E-state index contributed by atoms with van der Waals surface area (Å²) in [6.07, 6.45) is -4.57. The van der Waals surface area contributed by atoms with E-state index in [1.165, 1.54) is 7.11 Å². The molecule has 0 bridgehead atoms. The zero-order valence-electron chi connectivity index (χ0n) is 17.6. The van der Waals surface area contributed by atoms with Crippen LogP contribution in [0.2, 0.25) is 0 Å². The number of nitrogens with one attached hydrogen (secondary N) is 1. The lowest BCUT2D eigenvalue weighted by atomic mass is 10.1. The van der Waals surface area contributed by atoms with Crippen molar-refractivity contribution in [3.05, 3.63) is 92.1 Å². The summed E-state index contributed by atoms with van der Waals surface area (Å²) in [6.45, 7) is 0.0101. The van der Waals surface area contributed by atoms with Crippen molar-refractivity contribution in [3.8, 4) is 0 Å². The van der Waals surface area contributed by atoms with E-state index in [-0.39, 0.29) is 36.8 Å². The van der Waals surface area contributed by atoms with Gasteiger partial charge in [-0.1, -0.05) is 30.3 Å². The first-order chi connectivity index (χ1) is 15.6. The highest BCUT2D eigenvalue weighted by molar-refractivity contribution is 6.07. The molecule has 0 saturated carbocycles. The summed E-state index contributed by atoms with van der Waals surface area (Å²) in [5.41, 5.74) is 3.77. The van der Waals surface area contributed by atoms with Gasteiger partial charge in [-0.2, -0.15) is 13.2 Å². The number of hydrogen-bond acceptors (Lipinski definition) is 5. The SMILES string of the molecule is COCCn1c(N)c(N(Cc2ccccc2)C(=O)c2ccc(C(F)(F)F)cc2)c(=O)[nH]c1=O. The smallest absolute Gasteiger partial charge is 0.383 e. The summed E-state index contributed by atoms with van der Waals surface area (Å²) in [5, 5.41) is 0. The van der Waals surface area contributed by atoms with Crippen molar-refractivity contribution in [1.82, 2.24) is 9.55 Å². The van der Waals surface area contributed by atoms with Gasteiger partial charge in [0.2, 0.25) is 0 Å². The zero-order chi connectivity index (χ0) is 24.2. The van der Waals surface area contributed by atoms with E-state index in [0.717, 1.165) is 33.7 Å². The number of alkyl halides is 3. The Morgan fingerprint density at radius 1 is 1.09 bits per heavy atom. The lowest BCUT2D eigenvalue weighted by molar-refractivity contribution is -0.137. The van der Waals surface area contributed by atoms with Crippen LogP contribution in [-0.4, -0.2) is 29.2 Å². The molecule has 0 atom stereocenters. The van der Waals surface area contributed by atoms with Crippen molar-refractivity contribution in [1.29, 1.82) is 0 Å². The Morgan fingerprint density at radius 2 is 1.73 bits per heavy atom. The number of amides is 1. The van der Waals surface area contributed by atoms with Crippen molar-refractivity contribution >= 4 is 17.4 Å². The Morgan fingerprint density at radius 3 is 2.30 bits per heavy atom. The van der Waals surface area contributed by atoms with Crippen LogP contribution >= 0.6 is 0 Å². The van der Waals surface area contributed by atoms with E-state index in [0.29, 0.717) is 5.56 Å². The van der Waals surface area contributed by atoms with Crippen LogP contribution in [0.1, 0.15) is 21.5 Å². The second kappa shape index (κ2) is 9.74. The minimum absolute atomic E-state index is 0.0125. The molecule has 0 aliphatic carbocycles. The van der Waals surface area contributed by atoms with Gasteiger partial charge in [0.25, 0.3) is 11.5 Å². The second-order valence-electron chi connectivity index (χ2n) is 7.09. The van der Waals surface area contributed by atoms with Crippen LogP contribution in [0.5, 0.6) is 0 Å². The predicted molar refractivity (Wildman–Crippen MR) is 116 cm³/mol. The standard InChI is InChI=1S/C22H21F3N4O4/c1-33-12-11-28-18(26)17(19(30)27-21(28)32)29(13-14-5-3-2-4-6-14)20(31)15-7-9-16(10-8-15)22(23,24)25/h2-10H,11-13,26H2,1H3,(H,27,30,32). The first-order valence-corrected chi connectivity index (χ1v) is 9.78. The number of ether oxygens (including phenoxy) is 1. The van der Waals surface area contributed by atoms with Crippen molar-refractivity contribution in [2.45, 2.75) is 19.3 Å². The highest BCUT2D eigenvalue weighted by Crippen LogP contribution is 2.30.